The van der Waals surface area contributed by atoms with E-state index >= 15 is 0 Å². The molecule has 2 rings (SSSR count). The van der Waals surface area contributed by atoms with Crippen molar-refractivity contribution >= 4 is 5.84 Å². The highest BCUT2D eigenvalue weighted by Crippen LogP contribution is 2.10. The van der Waals surface area contributed by atoms with Crippen LogP contribution in [-0.4, -0.2) is 43.0 Å². The third kappa shape index (κ3) is 2.21. The van der Waals surface area contributed by atoms with Crippen LogP contribution in [0.25, 0.3) is 0 Å². The molecule has 0 aromatic carbocycles. The first-order chi connectivity index (χ1) is 6.38. The van der Waals surface area contributed by atoms with Gasteiger partial charge >= 0.3 is 0 Å². The topological polar surface area (TPSA) is 27.6 Å². The minimum Gasteiger partial charge on any atom is -0.369 e. The molecule has 13 heavy (non-hydrogen) atoms. The van der Waals surface area contributed by atoms with Gasteiger partial charge in [0.15, 0.2) is 0 Å². The standard InChI is InChI=1S/C10H19N3/c1-2-6-13-7-9(8-13)12-10-4-3-5-11-10/h9H,2-8H2,1H3,(H,11,12). The highest BCUT2D eigenvalue weighted by Gasteiger charge is 2.26. The Kier molecular flexibility index (Phi) is 2.83. The fourth-order valence-electron chi connectivity index (χ4n) is 2.05. The molecule has 0 aliphatic carbocycles. The molecule has 74 valence electrons. The Labute approximate surface area is 80.2 Å². The number of hydrogen-bond donors (Lipinski definition) is 1. The normalized spacial score (nSPS) is 24.2. The third-order valence-corrected chi connectivity index (χ3v) is 2.74. The summed E-state index contributed by atoms with van der Waals surface area (Å²) in [5.74, 6) is 1.25. The average Bonchev–Trinajstić information content (AvgIpc) is 2.53. The first-order valence-electron chi connectivity index (χ1n) is 5.40. The predicted octanol–water partition coefficient (Wildman–Crippen LogP) is 0.862. The molecule has 0 amide bonds. The lowest BCUT2D eigenvalue weighted by Gasteiger charge is -2.39. The van der Waals surface area contributed by atoms with Crippen molar-refractivity contribution in [3.63, 3.8) is 0 Å². The molecule has 1 fully saturated rings. The molecule has 2 aliphatic heterocycles. The van der Waals surface area contributed by atoms with Gasteiger partial charge in [0, 0.05) is 26.1 Å². The van der Waals surface area contributed by atoms with Gasteiger partial charge in [-0.15, -0.1) is 0 Å². The zero-order valence-electron chi connectivity index (χ0n) is 8.42. The summed E-state index contributed by atoms with van der Waals surface area (Å²) in [6, 6.07) is 0.684. The maximum absolute atomic E-state index is 4.42. The van der Waals surface area contributed by atoms with Crippen LogP contribution in [0.3, 0.4) is 0 Å². The Bertz CT molecular complexity index is 194. The first kappa shape index (κ1) is 9.00. The maximum Gasteiger partial charge on any atom is 0.0966 e. The minimum absolute atomic E-state index is 0.684. The van der Waals surface area contributed by atoms with E-state index in [-0.39, 0.29) is 0 Å². The number of nitrogens with zero attached hydrogens (tertiary/aromatic N) is 2. The second-order valence-corrected chi connectivity index (χ2v) is 4.03. The van der Waals surface area contributed by atoms with Crippen molar-refractivity contribution in [2.24, 2.45) is 4.99 Å². The van der Waals surface area contributed by atoms with E-state index in [2.05, 4.69) is 22.1 Å². The molecule has 0 atom stereocenters. The number of likely N-dealkylation sites (tertiary alicyclic amines) is 1. The minimum atomic E-state index is 0.684. The van der Waals surface area contributed by atoms with Crippen LogP contribution < -0.4 is 5.32 Å². The van der Waals surface area contributed by atoms with Gasteiger partial charge in [-0.3, -0.25) is 9.89 Å². The monoisotopic (exact) mass is 181 g/mol. The van der Waals surface area contributed by atoms with Gasteiger partial charge < -0.3 is 5.32 Å². The number of nitrogens with one attached hydrogen (secondary N) is 1. The van der Waals surface area contributed by atoms with Crippen molar-refractivity contribution in [3.05, 3.63) is 0 Å². The average molecular weight is 181 g/mol. The zero-order valence-corrected chi connectivity index (χ0v) is 8.42. The number of hydrogen-bond acceptors (Lipinski definition) is 3. The largest absolute Gasteiger partial charge is 0.369 e. The molecule has 3 nitrogen and oxygen atoms in total. The van der Waals surface area contributed by atoms with E-state index in [1.807, 2.05) is 0 Å². The Balaban J connectivity index is 1.63. The molecule has 2 heterocycles. The quantitative estimate of drug-likeness (QED) is 0.699. The van der Waals surface area contributed by atoms with Gasteiger partial charge in [-0.2, -0.15) is 0 Å². The smallest absolute Gasteiger partial charge is 0.0966 e. The Morgan fingerprint density at radius 2 is 2.38 bits per heavy atom. The van der Waals surface area contributed by atoms with E-state index < -0.39 is 0 Å². The van der Waals surface area contributed by atoms with Crippen molar-refractivity contribution in [1.29, 1.82) is 0 Å². The molecule has 1 saturated heterocycles. The molecule has 0 bridgehead atoms. The maximum atomic E-state index is 4.42. The summed E-state index contributed by atoms with van der Waals surface area (Å²) >= 11 is 0. The first-order valence-corrected chi connectivity index (χ1v) is 5.40. The summed E-state index contributed by atoms with van der Waals surface area (Å²) in [6.07, 6.45) is 3.69. The van der Waals surface area contributed by atoms with Crippen LogP contribution in [-0.2, 0) is 0 Å². The van der Waals surface area contributed by atoms with Crippen LogP contribution in [0.4, 0.5) is 0 Å². The van der Waals surface area contributed by atoms with Crippen LogP contribution in [0.15, 0.2) is 4.99 Å². The van der Waals surface area contributed by atoms with Crippen LogP contribution in [0.5, 0.6) is 0 Å². The lowest BCUT2D eigenvalue weighted by molar-refractivity contribution is 0.139. The summed E-state index contributed by atoms with van der Waals surface area (Å²) in [6.45, 7) is 6.96. The van der Waals surface area contributed by atoms with Gasteiger partial charge in [0.2, 0.25) is 0 Å². The second kappa shape index (κ2) is 4.09. The summed E-state index contributed by atoms with van der Waals surface area (Å²) in [5.41, 5.74) is 0. The molecule has 0 spiro atoms. The molecule has 0 aromatic heterocycles. The van der Waals surface area contributed by atoms with Crippen LogP contribution in [0, 0.1) is 0 Å². The molecule has 3 heteroatoms. The number of aliphatic imine (C=N–C) groups is 1. The highest BCUT2D eigenvalue weighted by atomic mass is 15.3. The van der Waals surface area contributed by atoms with Gasteiger partial charge in [0.25, 0.3) is 0 Å². The van der Waals surface area contributed by atoms with Crippen molar-refractivity contribution in [2.45, 2.75) is 32.2 Å². The van der Waals surface area contributed by atoms with Crippen molar-refractivity contribution in [2.75, 3.05) is 26.2 Å². The van der Waals surface area contributed by atoms with E-state index in [0.29, 0.717) is 6.04 Å². The molecule has 0 aromatic rings. The fraction of sp³-hybridized carbons (Fsp3) is 0.900. The van der Waals surface area contributed by atoms with Crippen LogP contribution in [0.1, 0.15) is 26.2 Å². The summed E-state index contributed by atoms with van der Waals surface area (Å²) in [7, 11) is 0. The van der Waals surface area contributed by atoms with Gasteiger partial charge in [-0.25, -0.2) is 0 Å². The fourth-order valence-corrected chi connectivity index (χ4v) is 2.05. The third-order valence-electron chi connectivity index (χ3n) is 2.74. The van der Waals surface area contributed by atoms with Gasteiger partial charge in [-0.1, -0.05) is 6.92 Å². The van der Waals surface area contributed by atoms with E-state index in [9.17, 15) is 0 Å². The van der Waals surface area contributed by atoms with E-state index in [4.69, 9.17) is 0 Å². The molecule has 1 N–H and O–H groups in total. The molecule has 0 unspecified atom stereocenters. The van der Waals surface area contributed by atoms with Crippen LogP contribution >= 0.6 is 0 Å². The Morgan fingerprint density at radius 3 is 3.00 bits per heavy atom. The van der Waals surface area contributed by atoms with Crippen molar-refractivity contribution < 1.29 is 0 Å². The second-order valence-electron chi connectivity index (χ2n) is 4.03. The van der Waals surface area contributed by atoms with Gasteiger partial charge in [-0.05, 0) is 19.4 Å². The van der Waals surface area contributed by atoms with Gasteiger partial charge in [0.1, 0.15) is 0 Å². The summed E-state index contributed by atoms with van der Waals surface area (Å²) < 4.78 is 0. The zero-order chi connectivity index (χ0) is 9.10. The molecule has 0 saturated carbocycles. The van der Waals surface area contributed by atoms with E-state index in [1.54, 1.807) is 0 Å². The predicted molar refractivity (Wildman–Crippen MR) is 55.2 cm³/mol. The Hall–Kier alpha value is -0.570. The van der Waals surface area contributed by atoms with E-state index in [1.165, 1.54) is 44.7 Å². The molecular formula is C10H19N3. The van der Waals surface area contributed by atoms with Crippen molar-refractivity contribution in [3.8, 4) is 0 Å². The lowest BCUT2D eigenvalue weighted by atomic mass is 10.1. The molecule has 0 radical (unpaired) electrons. The van der Waals surface area contributed by atoms with Crippen LogP contribution in [0.2, 0.25) is 0 Å². The lowest BCUT2D eigenvalue weighted by Crippen LogP contribution is -2.59. The molecule has 2 aliphatic rings. The molecular weight excluding hydrogens is 162 g/mol. The summed E-state index contributed by atoms with van der Waals surface area (Å²) in [5, 5.41) is 3.51. The number of rotatable bonds is 3. The Morgan fingerprint density at radius 1 is 1.54 bits per heavy atom. The SMILES string of the molecule is CCCN1CC(NC2=NCCC2)C1. The highest BCUT2D eigenvalue weighted by molar-refractivity contribution is 5.83. The van der Waals surface area contributed by atoms with Gasteiger partial charge in [0.05, 0.1) is 11.9 Å². The van der Waals surface area contributed by atoms with E-state index in [0.717, 1.165) is 6.54 Å². The van der Waals surface area contributed by atoms with Crippen molar-refractivity contribution in [1.82, 2.24) is 10.2 Å². The summed E-state index contributed by atoms with van der Waals surface area (Å²) in [4.78, 5) is 6.91. The number of amidine groups is 1.